The quantitative estimate of drug-likeness (QED) is 0.231. The first-order valence-electron chi connectivity index (χ1n) is 14.9. The Labute approximate surface area is 277 Å². The predicted molar refractivity (Wildman–Crippen MR) is 163 cm³/mol. The molecule has 5 rings (SSSR count). The largest absolute Gasteiger partial charge is 0.573 e. The van der Waals surface area contributed by atoms with Gasteiger partial charge in [0.2, 0.25) is 27.7 Å². The first kappa shape index (κ1) is 35.3. The fourth-order valence-corrected chi connectivity index (χ4v) is 6.62. The monoisotopic (exact) mass is 707 g/mol. The van der Waals surface area contributed by atoms with Crippen LogP contribution in [0.4, 0.5) is 22.0 Å². The number of hydrogen-bond acceptors (Lipinski definition) is 8. The number of alkyl halides is 5. The highest BCUT2D eigenvalue weighted by molar-refractivity contribution is 7.89. The Kier molecular flexibility index (Phi) is 10.3. The number of sulfonamides is 1. The molecule has 12 nitrogen and oxygen atoms in total. The average Bonchev–Trinajstić information content (AvgIpc) is 3.55. The van der Waals surface area contributed by atoms with Crippen LogP contribution in [0.25, 0.3) is 11.4 Å². The van der Waals surface area contributed by atoms with Crippen molar-refractivity contribution in [1.29, 1.82) is 0 Å². The van der Waals surface area contributed by atoms with E-state index in [1.807, 2.05) is 6.07 Å². The second-order valence-electron chi connectivity index (χ2n) is 11.0. The van der Waals surface area contributed by atoms with Crippen LogP contribution in [0.5, 0.6) is 5.75 Å². The molecule has 18 heteroatoms. The summed E-state index contributed by atoms with van der Waals surface area (Å²) < 4.78 is 98.1. The molecule has 4 aromatic rings. The van der Waals surface area contributed by atoms with E-state index in [0.717, 1.165) is 33.4 Å². The van der Waals surface area contributed by atoms with E-state index in [9.17, 15) is 40.0 Å². The van der Waals surface area contributed by atoms with Crippen molar-refractivity contribution in [3.05, 3.63) is 90.0 Å². The van der Waals surface area contributed by atoms with E-state index in [1.165, 1.54) is 36.1 Å². The van der Waals surface area contributed by atoms with Crippen molar-refractivity contribution < 1.29 is 44.7 Å². The van der Waals surface area contributed by atoms with Crippen LogP contribution in [-0.2, 0) is 38.6 Å². The summed E-state index contributed by atoms with van der Waals surface area (Å²) in [5, 5.41) is 14.7. The molecule has 1 aliphatic rings. The van der Waals surface area contributed by atoms with E-state index in [0.29, 0.717) is 11.1 Å². The normalized spacial score (nSPS) is 16.0. The minimum atomic E-state index is -4.99. The van der Waals surface area contributed by atoms with Gasteiger partial charge < -0.3 is 15.0 Å². The zero-order valence-electron chi connectivity index (χ0n) is 25.8. The lowest BCUT2D eigenvalue weighted by molar-refractivity contribution is -0.274. The Balaban J connectivity index is 1.34. The van der Waals surface area contributed by atoms with Gasteiger partial charge in [-0.25, -0.2) is 17.2 Å². The lowest BCUT2D eigenvalue weighted by Crippen LogP contribution is -2.61. The average molecular weight is 708 g/mol. The van der Waals surface area contributed by atoms with Crippen LogP contribution < -0.4 is 10.1 Å². The lowest BCUT2D eigenvalue weighted by Gasteiger charge is -2.39. The number of rotatable bonds is 11. The van der Waals surface area contributed by atoms with Crippen LogP contribution in [0.1, 0.15) is 24.5 Å². The van der Waals surface area contributed by atoms with Crippen LogP contribution in [0.2, 0.25) is 0 Å². The van der Waals surface area contributed by atoms with Crippen molar-refractivity contribution >= 4 is 21.8 Å². The summed E-state index contributed by atoms with van der Waals surface area (Å²) in [6, 6.07) is 16.2. The Bertz CT molecular complexity index is 1870. The van der Waals surface area contributed by atoms with Crippen LogP contribution in [-0.4, -0.2) is 81.7 Å². The maximum atomic E-state index is 14.0. The molecule has 0 radical (unpaired) electrons. The predicted octanol–water partition coefficient (Wildman–Crippen LogP) is 3.96. The summed E-state index contributed by atoms with van der Waals surface area (Å²) in [6.07, 6.45) is -5.39. The number of piperazine rings is 1. The van der Waals surface area contributed by atoms with E-state index < -0.39 is 57.2 Å². The number of amides is 2. The highest BCUT2D eigenvalue weighted by Gasteiger charge is 2.41. The van der Waals surface area contributed by atoms with Gasteiger partial charge in [0.25, 0.3) is 5.92 Å². The van der Waals surface area contributed by atoms with Gasteiger partial charge in [0.1, 0.15) is 18.3 Å². The molecule has 1 N–H and O–H groups in total. The van der Waals surface area contributed by atoms with Crippen LogP contribution in [0.3, 0.4) is 0 Å². The molecule has 0 unspecified atom stereocenters. The fraction of sp³-hybridized carbons (Fsp3) is 0.323. The summed E-state index contributed by atoms with van der Waals surface area (Å²) >= 11 is 0. The van der Waals surface area contributed by atoms with Crippen molar-refractivity contribution in [2.24, 2.45) is 0 Å². The molecule has 0 spiro atoms. The van der Waals surface area contributed by atoms with Crippen molar-refractivity contribution in [1.82, 2.24) is 34.7 Å². The zero-order chi connectivity index (χ0) is 35.4. The summed E-state index contributed by atoms with van der Waals surface area (Å²) in [6.45, 7) is -0.0271. The number of tetrazole rings is 1. The van der Waals surface area contributed by atoms with Gasteiger partial charge in [0, 0.05) is 43.7 Å². The maximum Gasteiger partial charge on any atom is 0.573 e. The molecule has 2 amide bonds. The molecule has 49 heavy (non-hydrogen) atoms. The van der Waals surface area contributed by atoms with Crippen molar-refractivity contribution in [2.75, 3.05) is 19.6 Å². The summed E-state index contributed by atoms with van der Waals surface area (Å²) in [4.78, 5) is 28.8. The Morgan fingerprint density at radius 2 is 1.61 bits per heavy atom. The minimum absolute atomic E-state index is 0.134. The summed E-state index contributed by atoms with van der Waals surface area (Å²) in [7, 11) is -4.49. The third-order valence-corrected chi connectivity index (χ3v) is 9.62. The first-order valence-corrected chi connectivity index (χ1v) is 16.3. The molecule has 260 valence electrons. The highest BCUT2D eigenvalue weighted by atomic mass is 32.2. The molecule has 1 aromatic heterocycles. The van der Waals surface area contributed by atoms with E-state index in [1.54, 1.807) is 24.3 Å². The summed E-state index contributed by atoms with van der Waals surface area (Å²) in [5.41, 5.74) is 0.922. The van der Waals surface area contributed by atoms with Crippen LogP contribution in [0, 0.1) is 0 Å². The van der Waals surface area contributed by atoms with E-state index in [2.05, 4.69) is 25.5 Å². The van der Waals surface area contributed by atoms with Gasteiger partial charge in [0.15, 0.2) is 0 Å². The van der Waals surface area contributed by atoms with Gasteiger partial charge in [-0.2, -0.15) is 9.10 Å². The van der Waals surface area contributed by atoms with Crippen molar-refractivity contribution in [2.45, 2.75) is 49.7 Å². The van der Waals surface area contributed by atoms with Crippen LogP contribution in [0.15, 0.2) is 83.8 Å². The van der Waals surface area contributed by atoms with Gasteiger partial charge in [-0.1, -0.05) is 61.5 Å². The first-order chi connectivity index (χ1) is 23.2. The molecule has 2 heterocycles. The lowest BCUT2D eigenvalue weighted by atomic mass is 10.0. The van der Waals surface area contributed by atoms with Gasteiger partial charge in [-0.05, 0) is 35.0 Å². The number of benzene rings is 3. The number of carbonyl (C=O) groups excluding carboxylic acids is 2. The topological polar surface area (TPSA) is 140 Å². The molecule has 1 aliphatic heterocycles. The third-order valence-electron chi connectivity index (χ3n) is 7.70. The molecule has 3 aromatic carbocycles. The molecule has 1 fully saturated rings. The second kappa shape index (κ2) is 14.3. The van der Waals surface area contributed by atoms with Gasteiger partial charge in [-0.3, -0.25) is 9.59 Å². The standard InChI is InChI=1S/C31H30F5N7O5S/c1-2-30(32,33)23-10-8-21(9-11-23)18-37-29(45)26-19-41(27(44)20-43-39-28(38-40-43)22-6-4-3-5-7-22)16-17-42(26)49(46,47)25-14-12-24(13-15-25)48-31(34,35)36/h3-15,26H,2,16-20H2,1H3,(H,37,45)/t26-/m1/s1. The van der Waals surface area contributed by atoms with E-state index in [-0.39, 0.29) is 44.1 Å². The number of nitrogens with zero attached hydrogens (tertiary/aromatic N) is 6. The van der Waals surface area contributed by atoms with Crippen molar-refractivity contribution in [3.8, 4) is 17.1 Å². The molecule has 1 saturated heterocycles. The fourth-order valence-electron chi connectivity index (χ4n) is 5.05. The Hall–Kier alpha value is -4.97. The van der Waals surface area contributed by atoms with E-state index >= 15 is 0 Å². The second-order valence-corrected chi connectivity index (χ2v) is 12.9. The number of aromatic nitrogens is 4. The summed E-state index contributed by atoms with van der Waals surface area (Å²) in [5.74, 6) is -4.73. The number of ether oxygens (including phenoxy) is 1. The third kappa shape index (κ3) is 8.55. The molecule has 0 aliphatic carbocycles. The van der Waals surface area contributed by atoms with E-state index in [4.69, 9.17) is 0 Å². The SMILES string of the molecule is CCC(F)(F)c1ccc(CNC(=O)[C@H]2CN(C(=O)Cn3nnc(-c4ccccc4)n3)CCN2S(=O)(=O)c2ccc(OC(F)(F)F)cc2)cc1. The number of halogens is 5. The Morgan fingerprint density at radius 3 is 2.24 bits per heavy atom. The van der Waals surface area contributed by atoms with Gasteiger partial charge in [-0.15, -0.1) is 23.4 Å². The molecular weight excluding hydrogens is 677 g/mol. The number of hydrogen-bond donors (Lipinski definition) is 1. The molecule has 1 atom stereocenters. The number of carbonyl (C=O) groups is 2. The molecule has 0 saturated carbocycles. The van der Waals surface area contributed by atoms with Crippen molar-refractivity contribution in [3.63, 3.8) is 0 Å². The zero-order valence-corrected chi connectivity index (χ0v) is 26.7. The minimum Gasteiger partial charge on any atom is -0.406 e. The number of nitrogens with one attached hydrogen (secondary N) is 1. The molecule has 0 bridgehead atoms. The Morgan fingerprint density at radius 1 is 0.939 bits per heavy atom. The maximum absolute atomic E-state index is 14.0. The smallest absolute Gasteiger partial charge is 0.406 e. The highest BCUT2D eigenvalue weighted by Crippen LogP contribution is 2.31. The molecular formula is C31H30F5N7O5S. The van der Waals surface area contributed by atoms with Gasteiger partial charge in [0.05, 0.1) is 4.90 Å². The van der Waals surface area contributed by atoms with Gasteiger partial charge >= 0.3 is 6.36 Å². The van der Waals surface area contributed by atoms with Crippen LogP contribution >= 0.6 is 0 Å².